The molecule has 17 nitrogen and oxygen atoms in total. The zero-order chi connectivity index (χ0) is 65.7. The van der Waals surface area contributed by atoms with E-state index in [1.54, 1.807) is 0 Å². The van der Waals surface area contributed by atoms with Crippen molar-refractivity contribution in [2.75, 3.05) is 39.6 Å². The van der Waals surface area contributed by atoms with E-state index in [2.05, 4.69) is 41.5 Å². The fourth-order valence-electron chi connectivity index (χ4n) is 10.6. The molecule has 0 saturated carbocycles. The zero-order valence-electron chi connectivity index (χ0n) is 57.7. The Labute approximate surface area is 543 Å². The molecule has 3 unspecified atom stereocenters. The Morgan fingerprint density at radius 2 is 0.573 bits per heavy atom. The molecule has 3 N–H and O–H groups in total. The minimum atomic E-state index is -4.95. The summed E-state index contributed by atoms with van der Waals surface area (Å²) in [5.41, 5.74) is 0. The highest BCUT2D eigenvalue weighted by Gasteiger charge is 2.30. The first-order valence-corrected chi connectivity index (χ1v) is 39.5. The maximum atomic E-state index is 13.0. The number of aliphatic hydroxyl groups is 1. The van der Waals surface area contributed by atoms with Crippen molar-refractivity contribution in [3.63, 3.8) is 0 Å². The molecule has 0 rings (SSSR count). The first kappa shape index (κ1) is 87.1. The van der Waals surface area contributed by atoms with Crippen LogP contribution in [0.15, 0.2) is 0 Å². The van der Waals surface area contributed by atoms with Gasteiger partial charge in [-0.2, -0.15) is 0 Å². The van der Waals surface area contributed by atoms with Gasteiger partial charge in [-0.3, -0.25) is 37.3 Å². The van der Waals surface area contributed by atoms with Crippen LogP contribution in [0.2, 0.25) is 0 Å². The number of hydrogen-bond acceptors (Lipinski definition) is 15. The van der Waals surface area contributed by atoms with Gasteiger partial charge in [0.05, 0.1) is 26.4 Å². The Morgan fingerprint density at radius 1 is 0.326 bits per heavy atom. The van der Waals surface area contributed by atoms with Gasteiger partial charge in [0.2, 0.25) is 0 Å². The van der Waals surface area contributed by atoms with Gasteiger partial charge in [-0.25, -0.2) is 9.13 Å². The van der Waals surface area contributed by atoms with Crippen molar-refractivity contribution in [3.05, 3.63) is 0 Å². The highest BCUT2D eigenvalue weighted by atomic mass is 31.2. The summed E-state index contributed by atoms with van der Waals surface area (Å²) in [7, 11) is -9.89. The Hall–Kier alpha value is -1.94. The van der Waals surface area contributed by atoms with Gasteiger partial charge in [-0.15, -0.1) is 0 Å². The molecule has 0 spiro atoms. The van der Waals surface area contributed by atoms with E-state index < -0.39 is 97.5 Å². The minimum absolute atomic E-state index is 0.106. The van der Waals surface area contributed by atoms with Crippen molar-refractivity contribution in [2.24, 2.45) is 11.8 Å². The van der Waals surface area contributed by atoms with Crippen molar-refractivity contribution < 1.29 is 80.2 Å². The van der Waals surface area contributed by atoms with E-state index in [0.717, 1.165) is 108 Å². The van der Waals surface area contributed by atoms with Crippen molar-refractivity contribution in [1.82, 2.24) is 0 Å². The molecule has 528 valence electrons. The molecule has 0 fully saturated rings. The van der Waals surface area contributed by atoms with Crippen LogP contribution in [0.4, 0.5) is 0 Å². The summed E-state index contributed by atoms with van der Waals surface area (Å²) in [6, 6.07) is 0. The van der Waals surface area contributed by atoms with E-state index in [-0.39, 0.29) is 25.7 Å². The Kier molecular flexibility index (Phi) is 60.8. The molecule has 89 heavy (non-hydrogen) atoms. The molecule has 6 atom stereocenters. The lowest BCUT2D eigenvalue weighted by atomic mass is 9.99. The van der Waals surface area contributed by atoms with Crippen molar-refractivity contribution in [1.29, 1.82) is 0 Å². The largest absolute Gasteiger partial charge is 0.472 e. The number of hydrogen-bond donors (Lipinski definition) is 3. The number of esters is 4. The topological polar surface area (TPSA) is 237 Å². The van der Waals surface area contributed by atoms with E-state index in [9.17, 15) is 43.2 Å². The van der Waals surface area contributed by atoms with E-state index in [0.29, 0.717) is 25.7 Å². The molecular weight excluding hydrogens is 1170 g/mol. The van der Waals surface area contributed by atoms with Crippen LogP contribution in [0, 0.1) is 11.8 Å². The predicted molar refractivity (Wildman–Crippen MR) is 358 cm³/mol. The molecule has 0 aliphatic rings. The van der Waals surface area contributed by atoms with Gasteiger partial charge in [0.1, 0.15) is 19.3 Å². The lowest BCUT2D eigenvalue weighted by Gasteiger charge is -2.21. The zero-order valence-corrected chi connectivity index (χ0v) is 59.5. The second kappa shape index (κ2) is 62.2. The third-order valence-corrected chi connectivity index (χ3v) is 18.5. The fourth-order valence-corrected chi connectivity index (χ4v) is 12.1. The maximum absolute atomic E-state index is 13.0. The van der Waals surface area contributed by atoms with E-state index in [1.165, 1.54) is 167 Å². The highest BCUT2D eigenvalue weighted by molar-refractivity contribution is 7.47. The second-order valence-electron chi connectivity index (χ2n) is 26.0. The van der Waals surface area contributed by atoms with Crippen LogP contribution >= 0.6 is 15.6 Å². The van der Waals surface area contributed by atoms with Gasteiger partial charge in [0.25, 0.3) is 0 Å². The fraction of sp³-hybridized carbons (Fsp3) is 0.943. The summed E-state index contributed by atoms with van der Waals surface area (Å²) >= 11 is 0. The molecule has 0 aromatic rings. The SMILES string of the molecule is CCCCCCCCCCCCC(=O)O[C@H](COC(=O)CCCCCCCCCC)COP(=O)(O)OC[C@H](O)COP(=O)(O)OC[C@@H](COC(=O)CCCCCCCCCCC(C)CC)OC(=O)CCCCCCCCCCCCCCCCCCC(C)C. The average molecular weight is 1310 g/mol. The number of ether oxygens (including phenoxy) is 4. The normalized spacial score (nSPS) is 14.4. The van der Waals surface area contributed by atoms with Crippen LogP contribution < -0.4 is 0 Å². The van der Waals surface area contributed by atoms with Crippen LogP contribution in [0.1, 0.15) is 356 Å². The van der Waals surface area contributed by atoms with Gasteiger partial charge in [0, 0.05) is 25.7 Å². The summed E-state index contributed by atoms with van der Waals surface area (Å²) in [4.78, 5) is 72.4. The number of unbranched alkanes of at least 4 members (excludes halogenated alkanes) is 38. The third-order valence-electron chi connectivity index (χ3n) is 16.6. The van der Waals surface area contributed by atoms with E-state index >= 15 is 0 Å². The van der Waals surface area contributed by atoms with E-state index in [1.807, 2.05) is 0 Å². The molecule has 0 heterocycles. The summed E-state index contributed by atoms with van der Waals surface area (Å²) in [6.45, 7) is 9.54. The molecular formula is C70H136O17P2. The van der Waals surface area contributed by atoms with Crippen molar-refractivity contribution >= 4 is 39.5 Å². The van der Waals surface area contributed by atoms with Gasteiger partial charge in [0.15, 0.2) is 12.2 Å². The Balaban J connectivity index is 5.19. The van der Waals surface area contributed by atoms with E-state index in [4.69, 9.17) is 37.0 Å². The van der Waals surface area contributed by atoms with Crippen molar-refractivity contribution in [2.45, 2.75) is 374 Å². The summed E-state index contributed by atoms with van der Waals surface area (Å²) in [6.07, 6.45) is 47.2. The predicted octanol–water partition coefficient (Wildman–Crippen LogP) is 20.0. The lowest BCUT2D eigenvalue weighted by molar-refractivity contribution is -0.161. The lowest BCUT2D eigenvalue weighted by Crippen LogP contribution is -2.30. The molecule has 0 aromatic heterocycles. The Morgan fingerprint density at radius 3 is 0.854 bits per heavy atom. The minimum Gasteiger partial charge on any atom is -0.462 e. The monoisotopic (exact) mass is 1310 g/mol. The quantitative estimate of drug-likeness (QED) is 0.0222. The van der Waals surface area contributed by atoms with Crippen LogP contribution in [0.25, 0.3) is 0 Å². The van der Waals surface area contributed by atoms with Crippen LogP contribution in [0.5, 0.6) is 0 Å². The summed E-state index contributed by atoms with van der Waals surface area (Å²) in [5.74, 6) is -0.541. The number of aliphatic hydroxyl groups excluding tert-OH is 1. The van der Waals surface area contributed by atoms with Gasteiger partial charge in [-0.05, 0) is 37.5 Å². The Bertz CT molecular complexity index is 1740. The smallest absolute Gasteiger partial charge is 0.462 e. The van der Waals surface area contributed by atoms with Crippen LogP contribution in [0.3, 0.4) is 0 Å². The second-order valence-corrected chi connectivity index (χ2v) is 28.9. The van der Waals surface area contributed by atoms with Crippen molar-refractivity contribution in [3.8, 4) is 0 Å². The van der Waals surface area contributed by atoms with Crippen LogP contribution in [-0.4, -0.2) is 96.7 Å². The molecule has 0 aliphatic carbocycles. The average Bonchev–Trinajstić information content (AvgIpc) is 3.66. The van der Waals surface area contributed by atoms with Gasteiger partial charge >= 0.3 is 39.5 Å². The number of rotatable bonds is 69. The number of phosphoric acid groups is 2. The highest BCUT2D eigenvalue weighted by Crippen LogP contribution is 2.45. The third kappa shape index (κ3) is 63.2. The molecule has 19 heteroatoms. The summed E-state index contributed by atoms with van der Waals surface area (Å²) in [5, 5.41) is 10.6. The number of carbonyl (C=O) groups is 4. The first-order chi connectivity index (χ1) is 42.9. The van der Waals surface area contributed by atoms with Gasteiger partial charge in [-0.1, -0.05) is 305 Å². The summed E-state index contributed by atoms with van der Waals surface area (Å²) < 4.78 is 68.2. The maximum Gasteiger partial charge on any atom is 0.472 e. The number of phosphoric ester groups is 2. The molecule has 0 saturated heterocycles. The van der Waals surface area contributed by atoms with Crippen LogP contribution in [-0.2, 0) is 65.4 Å². The van der Waals surface area contributed by atoms with Gasteiger partial charge < -0.3 is 33.8 Å². The standard InChI is InChI=1S/C70H136O17P2/c1-7-10-12-14-16-18-28-36-42-48-54-69(74)86-65(58-80-67(72)52-46-40-34-17-15-13-11-8-2)60-84-88(76,77)82-56-64(71)57-83-89(78,79)85-61-66(59-81-68(73)53-47-41-35-31-30-33-39-45-51-63(6)9-3)87-70(75)55-49-43-37-29-26-24-22-20-19-21-23-25-27-32-38-44-50-62(4)5/h62-66,71H,7-61H2,1-6H3,(H,76,77)(H,78,79)/t63?,64-,65+,66+/m0/s1. The number of carbonyl (C=O) groups excluding carboxylic acids is 4. The molecule has 0 bridgehead atoms. The molecule has 0 radical (unpaired) electrons. The first-order valence-electron chi connectivity index (χ1n) is 36.5. The molecule has 0 aliphatic heterocycles. The molecule has 0 amide bonds. The molecule has 0 aromatic carbocycles.